The lowest BCUT2D eigenvalue weighted by Crippen LogP contribution is -2.30. The molecule has 0 fully saturated rings. The highest BCUT2D eigenvalue weighted by Crippen LogP contribution is 2.14. The topological polar surface area (TPSA) is 12.0 Å². The Morgan fingerprint density at radius 1 is 1.05 bits per heavy atom. The van der Waals surface area contributed by atoms with Gasteiger partial charge in [-0.05, 0) is 41.8 Å². The minimum Gasteiger partial charge on any atom is -0.314 e. The zero-order valence-corrected chi connectivity index (χ0v) is 13.6. The van der Waals surface area contributed by atoms with Crippen LogP contribution in [0.5, 0.6) is 0 Å². The van der Waals surface area contributed by atoms with E-state index in [0.29, 0.717) is 6.04 Å². The summed E-state index contributed by atoms with van der Waals surface area (Å²) in [4.78, 5) is 0. The van der Waals surface area contributed by atoms with Gasteiger partial charge in [-0.1, -0.05) is 58.8 Å². The molecule has 110 valence electrons. The molecule has 0 aliphatic heterocycles. The first-order valence-electron chi connectivity index (χ1n) is 8.11. The molecule has 0 amide bonds. The minimum absolute atomic E-state index is 0.676. The standard InChI is InChI=1S/C17H31NS/c1-3-5-6-7-8-9-10-11-17(18-4-2)14-16-12-13-19-15-16/h12-13,15,17-18H,3-11,14H2,1-2H3. The molecule has 1 aromatic heterocycles. The van der Waals surface area contributed by atoms with Gasteiger partial charge in [0, 0.05) is 6.04 Å². The van der Waals surface area contributed by atoms with Gasteiger partial charge in [0.1, 0.15) is 0 Å². The largest absolute Gasteiger partial charge is 0.314 e. The van der Waals surface area contributed by atoms with Crippen LogP contribution in [0.4, 0.5) is 0 Å². The van der Waals surface area contributed by atoms with Crippen molar-refractivity contribution >= 4 is 11.3 Å². The Labute approximate surface area is 123 Å². The van der Waals surface area contributed by atoms with E-state index in [0.717, 1.165) is 6.54 Å². The van der Waals surface area contributed by atoms with Crippen LogP contribution in [0.2, 0.25) is 0 Å². The highest BCUT2D eigenvalue weighted by molar-refractivity contribution is 7.07. The number of likely N-dealkylation sites (N-methyl/N-ethyl adjacent to an activating group) is 1. The second-order valence-corrected chi connectivity index (χ2v) is 6.28. The van der Waals surface area contributed by atoms with Gasteiger partial charge < -0.3 is 5.32 Å². The first-order valence-corrected chi connectivity index (χ1v) is 9.05. The van der Waals surface area contributed by atoms with E-state index in [1.165, 1.54) is 63.4 Å². The number of hydrogen-bond acceptors (Lipinski definition) is 2. The fraction of sp³-hybridized carbons (Fsp3) is 0.765. The summed E-state index contributed by atoms with van der Waals surface area (Å²) >= 11 is 1.81. The van der Waals surface area contributed by atoms with E-state index >= 15 is 0 Å². The molecule has 1 rings (SSSR count). The maximum Gasteiger partial charge on any atom is 0.0108 e. The molecule has 19 heavy (non-hydrogen) atoms. The Kier molecular flexibility index (Phi) is 10.1. The van der Waals surface area contributed by atoms with E-state index in [4.69, 9.17) is 0 Å². The Hall–Kier alpha value is -0.340. The quantitative estimate of drug-likeness (QED) is 0.505. The molecule has 1 N–H and O–H groups in total. The monoisotopic (exact) mass is 281 g/mol. The smallest absolute Gasteiger partial charge is 0.0108 e. The van der Waals surface area contributed by atoms with Gasteiger partial charge in [0.2, 0.25) is 0 Å². The number of nitrogens with one attached hydrogen (secondary N) is 1. The van der Waals surface area contributed by atoms with E-state index in [1.807, 2.05) is 11.3 Å². The van der Waals surface area contributed by atoms with Gasteiger partial charge in [-0.25, -0.2) is 0 Å². The van der Waals surface area contributed by atoms with Gasteiger partial charge >= 0.3 is 0 Å². The third-order valence-corrected chi connectivity index (χ3v) is 4.44. The molecule has 0 aliphatic carbocycles. The van der Waals surface area contributed by atoms with Crippen LogP contribution < -0.4 is 5.32 Å². The number of unbranched alkanes of at least 4 members (excludes halogenated alkanes) is 6. The third kappa shape index (κ3) is 8.43. The van der Waals surface area contributed by atoms with Crippen molar-refractivity contribution in [2.45, 2.75) is 77.7 Å². The molecule has 2 heteroatoms. The fourth-order valence-electron chi connectivity index (χ4n) is 2.61. The molecule has 0 aromatic carbocycles. The molecular formula is C17H31NS. The van der Waals surface area contributed by atoms with Crippen molar-refractivity contribution in [2.24, 2.45) is 0 Å². The van der Waals surface area contributed by atoms with Crippen molar-refractivity contribution in [2.75, 3.05) is 6.54 Å². The Morgan fingerprint density at radius 2 is 1.79 bits per heavy atom. The molecular weight excluding hydrogens is 250 g/mol. The molecule has 1 nitrogen and oxygen atoms in total. The highest BCUT2D eigenvalue weighted by Gasteiger charge is 2.08. The highest BCUT2D eigenvalue weighted by atomic mass is 32.1. The molecule has 0 saturated carbocycles. The number of rotatable bonds is 12. The maximum atomic E-state index is 3.64. The van der Waals surface area contributed by atoms with Crippen LogP contribution in [0.1, 0.15) is 70.8 Å². The number of hydrogen-bond donors (Lipinski definition) is 1. The summed E-state index contributed by atoms with van der Waals surface area (Å²) in [6.07, 6.45) is 12.4. The molecule has 0 spiro atoms. The Balaban J connectivity index is 2.08. The van der Waals surface area contributed by atoms with Gasteiger partial charge in [0.15, 0.2) is 0 Å². The van der Waals surface area contributed by atoms with Gasteiger partial charge in [-0.2, -0.15) is 11.3 Å². The summed E-state index contributed by atoms with van der Waals surface area (Å²) in [6, 6.07) is 2.94. The van der Waals surface area contributed by atoms with Crippen molar-refractivity contribution in [3.8, 4) is 0 Å². The summed E-state index contributed by atoms with van der Waals surface area (Å²) in [7, 11) is 0. The molecule has 0 saturated heterocycles. The van der Waals surface area contributed by atoms with Crippen molar-refractivity contribution in [1.82, 2.24) is 5.32 Å². The first kappa shape index (κ1) is 16.7. The summed E-state index contributed by atoms with van der Waals surface area (Å²) in [5.41, 5.74) is 1.50. The molecule has 0 radical (unpaired) electrons. The second kappa shape index (κ2) is 11.5. The third-order valence-electron chi connectivity index (χ3n) is 3.71. The molecule has 1 atom stereocenters. The number of thiophene rings is 1. The van der Waals surface area contributed by atoms with Crippen molar-refractivity contribution in [3.63, 3.8) is 0 Å². The van der Waals surface area contributed by atoms with Crippen LogP contribution in [-0.2, 0) is 6.42 Å². The summed E-state index contributed by atoms with van der Waals surface area (Å²) < 4.78 is 0. The van der Waals surface area contributed by atoms with Crippen LogP contribution in [-0.4, -0.2) is 12.6 Å². The van der Waals surface area contributed by atoms with E-state index < -0.39 is 0 Å². The van der Waals surface area contributed by atoms with Crippen LogP contribution in [0.3, 0.4) is 0 Å². The maximum absolute atomic E-state index is 3.64. The average Bonchev–Trinajstić information content (AvgIpc) is 2.91. The normalized spacial score (nSPS) is 12.7. The van der Waals surface area contributed by atoms with Crippen LogP contribution >= 0.6 is 11.3 Å². The Morgan fingerprint density at radius 3 is 2.42 bits per heavy atom. The van der Waals surface area contributed by atoms with Crippen molar-refractivity contribution in [3.05, 3.63) is 22.4 Å². The van der Waals surface area contributed by atoms with E-state index in [1.54, 1.807) is 0 Å². The minimum atomic E-state index is 0.676. The summed E-state index contributed by atoms with van der Waals surface area (Å²) in [5, 5.41) is 8.11. The molecule has 0 aliphatic rings. The predicted molar refractivity (Wildman–Crippen MR) is 88.1 cm³/mol. The van der Waals surface area contributed by atoms with Crippen LogP contribution in [0.25, 0.3) is 0 Å². The summed E-state index contributed by atoms with van der Waals surface area (Å²) in [5.74, 6) is 0. The second-order valence-electron chi connectivity index (χ2n) is 5.50. The van der Waals surface area contributed by atoms with Gasteiger partial charge in [0.25, 0.3) is 0 Å². The lowest BCUT2D eigenvalue weighted by molar-refractivity contribution is 0.459. The van der Waals surface area contributed by atoms with E-state index in [2.05, 4.69) is 36.0 Å². The summed E-state index contributed by atoms with van der Waals surface area (Å²) in [6.45, 7) is 5.59. The van der Waals surface area contributed by atoms with E-state index in [-0.39, 0.29) is 0 Å². The lowest BCUT2D eigenvalue weighted by atomic mass is 10.0. The zero-order valence-electron chi connectivity index (χ0n) is 12.8. The fourth-order valence-corrected chi connectivity index (χ4v) is 3.29. The van der Waals surface area contributed by atoms with Crippen molar-refractivity contribution < 1.29 is 0 Å². The van der Waals surface area contributed by atoms with Crippen LogP contribution in [0.15, 0.2) is 16.8 Å². The van der Waals surface area contributed by atoms with E-state index in [9.17, 15) is 0 Å². The lowest BCUT2D eigenvalue weighted by Gasteiger charge is -2.17. The predicted octanol–water partition coefficient (Wildman–Crippen LogP) is 5.41. The average molecular weight is 282 g/mol. The van der Waals surface area contributed by atoms with Gasteiger partial charge in [-0.15, -0.1) is 0 Å². The molecule has 1 heterocycles. The van der Waals surface area contributed by atoms with Crippen LogP contribution in [0, 0.1) is 0 Å². The first-order chi connectivity index (χ1) is 9.36. The molecule has 0 bridgehead atoms. The molecule has 1 unspecified atom stereocenters. The van der Waals surface area contributed by atoms with Gasteiger partial charge in [0.05, 0.1) is 0 Å². The van der Waals surface area contributed by atoms with Crippen molar-refractivity contribution in [1.29, 1.82) is 0 Å². The molecule has 1 aromatic rings. The SMILES string of the molecule is CCCCCCCCCC(Cc1ccsc1)NCC. The van der Waals surface area contributed by atoms with Gasteiger partial charge in [-0.3, -0.25) is 0 Å². The zero-order chi connectivity index (χ0) is 13.8. The Bertz CT molecular complexity index is 281.